The Balaban J connectivity index is 2.28. The molecule has 19 heavy (non-hydrogen) atoms. The average Bonchev–Trinajstić information content (AvgIpc) is 2.39. The van der Waals surface area contributed by atoms with Gasteiger partial charge in [0.15, 0.2) is 0 Å². The van der Waals surface area contributed by atoms with Crippen LogP contribution in [0.5, 0.6) is 0 Å². The highest BCUT2D eigenvalue weighted by atomic mass is 32.2. The van der Waals surface area contributed by atoms with E-state index >= 15 is 0 Å². The second kappa shape index (κ2) is 5.56. The van der Waals surface area contributed by atoms with Gasteiger partial charge >= 0.3 is 0 Å². The lowest BCUT2D eigenvalue weighted by Gasteiger charge is -2.35. The van der Waals surface area contributed by atoms with Crippen LogP contribution in [0.25, 0.3) is 0 Å². The van der Waals surface area contributed by atoms with Crippen LogP contribution in [0.1, 0.15) is 19.8 Å². The molecule has 0 radical (unpaired) electrons. The highest BCUT2D eigenvalue weighted by Crippen LogP contribution is 2.26. The molecule has 0 spiro atoms. The predicted molar refractivity (Wildman–Crippen MR) is 71.5 cm³/mol. The molecule has 2 atom stereocenters. The molecule has 2 rings (SSSR count). The Hall–Kier alpha value is -0.980. The van der Waals surface area contributed by atoms with E-state index in [1.807, 2.05) is 6.92 Å². The SMILES string of the molecule is CCC1CN(S(=O)(=O)c2ccccc2F)CCC1N. The molecule has 0 bridgehead atoms. The quantitative estimate of drug-likeness (QED) is 0.917. The van der Waals surface area contributed by atoms with Crippen molar-refractivity contribution in [2.45, 2.75) is 30.7 Å². The van der Waals surface area contributed by atoms with Gasteiger partial charge in [-0.25, -0.2) is 12.8 Å². The molecule has 1 fully saturated rings. The molecule has 1 aromatic carbocycles. The Morgan fingerprint density at radius 1 is 1.42 bits per heavy atom. The van der Waals surface area contributed by atoms with Gasteiger partial charge in [0.05, 0.1) is 0 Å². The lowest BCUT2D eigenvalue weighted by molar-refractivity contribution is 0.230. The molecule has 0 amide bonds. The number of piperidine rings is 1. The minimum atomic E-state index is -3.76. The third-order valence-electron chi connectivity index (χ3n) is 3.73. The van der Waals surface area contributed by atoms with Crippen LogP contribution in [0.4, 0.5) is 4.39 Å². The number of nitrogens with zero attached hydrogens (tertiary/aromatic N) is 1. The minimum Gasteiger partial charge on any atom is -0.327 e. The first-order chi connectivity index (χ1) is 8.96. The number of sulfonamides is 1. The van der Waals surface area contributed by atoms with E-state index in [1.165, 1.54) is 28.6 Å². The van der Waals surface area contributed by atoms with Gasteiger partial charge in [0.1, 0.15) is 10.7 Å². The molecule has 1 heterocycles. The second-order valence-corrected chi connectivity index (χ2v) is 6.82. The molecule has 1 saturated heterocycles. The van der Waals surface area contributed by atoms with Gasteiger partial charge in [0, 0.05) is 19.1 Å². The molecule has 1 aromatic rings. The molecular weight excluding hydrogens is 267 g/mol. The zero-order chi connectivity index (χ0) is 14.0. The maximum Gasteiger partial charge on any atom is 0.245 e. The summed E-state index contributed by atoms with van der Waals surface area (Å²) in [5, 5.41) is 0. The molecular formula is C13H19FN2O2S. The summed E-state index contributed by atoms with van der Waals surface area (Å²) in [7, 11) is -3.76. The minimum absolute atomic E-state index is 0.0251. The zero-order valence-electron chi connectivity index (χ0n) is 10.9. The second-order valence-electron chi connectivity index (χ2n) is 4.91. The van der Waals surface area contributed by atoms with E-state index in [0.717, 1.165) is 6.42 Å². The van der Waals surface area contributed by atoms with Crippen LogP contribution in [-0.2, 0) is 10.0 Å². The molecule has 0 saturated carbocycles. The molecule has 2 unspecified atom stereocenters. The first-order valence-corrected chi connectivity index (χ1v) is 7.91. The van der Waals surface area contributed by atoms with Crippen molar-refractivity contribution >= 4 is 10.0 Å². The average molecular weight is 286 g/mol. The molecule has 0 aliphatic carbocycles. The topological polar surface area (TPSA) is 63.4 Å². The lowest BCUT2D eigenvalue weighted by Crippen LogP contribution is -2.49. The number of hydrogen-bond donors (Lipinski definition) is 1. The molecule has 106 valence electrons. The van der Waals surface area contributed by atoms with Gasteiger partial charge in [0.25, 0.3) is 0 Å². The largest absolute Gasteiger partial charge is 0.327 e. The van der Waals surface area contributed by atoms with Crippen molar-refractivity contribution in [3.63, 3.8) is 0 Å². The normalized spacial score (nSPS) is 25.4. The van der Waals surface area contributed by atoms with Crippen LogP contribution in [0.3, 0.4) is 0 Å². The van der Waals surface area contributed by atoms with E-state index in [0.29, 0.717) is 19.5 Å². The first kappa shape index (κ1) is 14.4. The van der Waals surface area contributed by atoms with Crippen molar-refractivity contribution in [1.82, 2.24) is 4.31 Å². The summed E-state index contributed by atoms with van der Waals surface area (Å²) in [6.45, 7) is 2.71. The maximum absolute atomic E-state index is 13.7. The lowest BCUT2D eigenvalue weighted by atomic mass is 9.92. The van der Waals surface area contributed by atoms with E-state index < -0.39 is 15.8 Å². The maximum atomic E-state index is 13.7. The van der Waals surface area contributed by atoms with Gasteiger partial charge in [0.2, 0.25) is 10.0 Å². The highest BCUT2D eigenvalue weighted by Gasteiger charge is 2.34. The van der Waals surface area contributed by atoms with Crippen LogP contribution in [-0.4, -0.2) is 31.9 Å². The van der Waals surface area contributed by atoms with Crippen molar-refractivity contribution in [3.05, 3.63) is 30.1 Å². The Morgan fingerprint density at radius 3 is 2.74 bits per heavy atom. The summed E-state index contributed by atoms with van der Waals surface area (Å²) >= 11 is 0. The van der Waals surface area contributed by atoms with Gasteiger partial charge < -0.3 is 5.73 Å². The van der Waals surface area contributed by atoms with Gasteiger partial charge in [-0.1, -0.05) is 25.5 Å². The molecule has 4 nitrogen and oxygen atoms in total. The fraction of sp³-hybridized carbons (Fsp3) is 0.538. The van der Waals surface area contributed by atoms with E-state index in [2.05, 4.69) is 0 Å². The monoisotopic (exact) mass is 286 g/mol. The van der Waals surface area contributed by atoms with E-state index in [1.54, 1.807) is 0 Å². The molecule has 1 aliphatic heterocycles. The molecule has 2 N–H and O–H groups in total. The van der Waals surface area contributed by atoms with E-state index in [9.17, 15) is 12.8 Å². The fourth-order valence-corrected chi connectivity index (χ4v) is 4.04. The van der Waals surface area contributed by atoms with Crippen molar-refractivity contribution in [3.8, 4) is 0 Å². The fourth-order valence-electron chi connectivity index (χ4n) is 2.46. The Bertz CT molecular complexity index is 547. The smallest absolute Gasteiger partial charge is 0.245 e. The molecule has 1 aliphatic rings. The third kappa shape index (κ3) is 2.80. The van der Waals surface area contributed by atoms with Gasteiger partial charge in [-0.2, -0.15) is 4.31 Å². The Labute approximate surface area is 113 Å². The Morgan fingerprint density at radius 2 is 2.11 bits per heavy atom. The van der Waals surface area contributed by atoms with E-state index in [-0.39, 0.29) is 16.9 Å². The van der Waals surface area contributed by atoms with Crippen LogP contribution < -0.4 is 5.73 Å². The van der Waals surface area contributed by atoms with Crippen LogP contribution >= 0.6 is 0 Å². The van der Waals surface area contributed by atoms with Crippen LogP contribution in [0.2, 0.25) is 0 Å². The summed E-state index contributed by atoms with van der Waals surface area (Å²) < 4.78 is 39.9. The summed E-state index contributed by atoms with van der Waals surface area (Å²) in [4.78, 5) is -0.250. The standard InChI is InChI=1S/C13H19FN2O2S/c1-2-10-9-16(8-7-12(10)15)19(17,18)13-6-4-3-5-11(13)14/h3-6,10,12H,2,7-9,15H2,1H3. The summed E-state index contributed by atoms with van der Waals surface area (Å²) in [6.07, 6.45) is 1.44. The van der Waals surface area contributed by atoms with Gasteiger partial charge in [-0.3, -0.25) is 0 Å². The van der Waals surface area contributed by atoms with Crippen LogP contribution in [0, 0.1) is 11.7 Å². The van der Waals surface area contributed by atoms with Crippen molar-refractivity contribution < 1.29 is 12.8 Å². The summed E-state index contributed by atoms with van der Waals surface area (Å²) in [5.41, 5.74) is 5.97. The number of benzene rings is 1. The van der Waals surface area contributed by atoms with E-state index in [4.69, 9.17) is 5.73 Å². The number of hydrogen-bond acceptors (Lipinski definition) is 3. The third-order valence-corrected chi connectivity index (χ3v) is 5.63. The first-order valence-electron chi connectivity index (χ1n) is 6.47. The van der Waals surface area contributed by atoms with Gasteiger partial charge in [-0.05, 0) is 24.5 Å². The number of halogens is 1. The Kier molecular flexibility index (Phi) is 4.23. The van der Waals surface area contributed by atoms with Crippen LogP contribution in [0.15, 0.2) is 29.2 Å². The van der Waals surface area contributed by atoms with Gasteiger partial charge in [-0.15, -0.1) is 0 Å². The van der Waals surface area contributed by atoms with Crippen molar-refractivity contribution in [2.75, 3.05) is 13.1 Å². The molecule has 6 heteroatoms. The summed E-state index contributed by atoms with van der Waals surface area (Å²) in [6, 6.07) is 5.51. The number of nitrogens with two attached hydrogens (primary N) is 1. The molecule has 0 aromatic heterocycles. The number of rotatable bonds is 3. The zero-order valence-corrected chi connectivity index (χ0v) is 11.7. The summed E-state index contributed by atoms with van der Waals surface area (Å²) in [5.74, 6) is -0.569. The van der Waals surface area contributed by atoms with Crippen molar-refractivity contribution in [1.29, 1.82) is 0 Å². The predicted octanol–water partition coefficient (Wildman–Crippen LogP) is 1.57. The van der Waals surface area contributed by atoms with Crippen molar-refractivity contribution in [2.24, 2.45) is 11.7 Å². The highest BCUT2D eigenvalue weighted by molar-refractivity contribution is 7.89.